The molecule has 0 saturated heterocycles. The largest absolute Gasteiger partial charge is 1.00 e. The molecule has 48 heavy (non-hydrogen) atoms. The summed E-state index contributed by atoms with van der Waals surface area (Å²) in [5.74, 6) is -1.88. The zero-order valence-corrected chi connectivity index (χ0v) is 28.6. The maximum absolute atomic E-state index is 11.5. The van der Waals surface area contributed by atoms with Gasteiger partial charge in [0.1, 0.15) is 13.2 Å². The first-order valence-corrected chi connectivity index (χ1v) is 13.8. The van der Waals surface area contributed by atoms with Gasteiger partial charge in [0.15, 0.2) is 0 Å². The molecule has 13 nitrogen and oxygen atoms in total. The molecule has 0 bridgehead atoms. The van der Waals surface area contributed by atoms with Crippen LogP contribution in [0.15, 0.2) is 109 Å². The molecule has 0 saturated carbocycles. The fourth-order valence-corrected chi connectivity index (χ4v) is 3.27. The second-order valence-electron chi connectivity index (χ2n) is 8.83. The van der Waals surface area contributed by atoms with E-state index in [2.05, 4.69) is 14.9 Å². The summed E-state index contributed by atoms with van der Waals surface area (Å²) in [5, 5.41) is 28.3. The fourth-order valence-electron chi connectivity index (χ4n) is 3.21. The molecule has 4 aromatic carbocycles. The van der Waals surface area contributed by atoms with Gasteiger partial charge in [0.25, 0.3) is 6.47 Å². The van der Waals surface area contributed by atoms with Gasteiger partial charge in [-0.15, -0.1) is 0 Å². The number of amides is 1. The Balaban J connectivity index is 0.000000694. The second-order valence-corrected chi connectivity index (χ2v) is 9.14. The average Bonchev–Trinajstić information content (AvgIpc) is 3.10. The number of hydrogen-bond donors (Lipinski definition) is 4. The van der Waals surface area contributed by atoms with Crippen molar-refractivity contribution < 1.29 is 83.4 Å². The molecule has 0 aromatic heterocycles. The number of carbonyl (C=O) groups is 5. The van der Waals surface area contributed by atoms with Gasteiger partial charge in [-0.25, -0.2) is 19.2 Å². The van der Waals surface area contributed by atoms with Crippen LogP contribution >= 0.6 is 11.6 Å². The number of hydrogen-bond acceptors (Lipinski definition) is 10. The minimum Gasteiger partial charge on any atom is -0.662 e. The van der Waals surface area contributed by atoms with Crippen molar-refractivity contribution in [3.63, 3.8) is 0 Å². The molecule has 5 N–H and O–H groups in total. The number of carboxylic acid groups (broad SMARTS) is 2. The topological polar surface area (TPSA) is 215 Å². The third kappa shape index (κ3) is 20.4. The molecule has 0 atom stereocenters. The van der Waals surface area contributed by atoms with Crippen molar-refractivity contribution in [2.24, 2.45) is 5.73 Å². The Morgan fingerprint density at radius 2 is 1.08 bits per heavy atom. The maximum atomic E-state index is 11.5. The van der Waals surface area contributed by atoms with Crippen LogP contribution in [0, 0.1) is 0 Å². The van der Waals surface area contributed by atoms with Crippen LogP contribution in [-0.4, -0.2) is 40.1 Å². The number of ether oxygens (including phenoxy) is 2. The van der Waals surface area contributed by atoms with E-state index in [4.69, 9.17) is 42.3 Å². The summed E-state index contributed by atoms with van der Waals surface area (Å²) in [6.07, 6.45) is -0.513. The minimum atomic E-state index is -0.975. The van der Waals surface area contributed by atoms with Gasteiger partial charge in [0, 0.05) is 24.7 Å². The third-order valence-corrected chi connectivity index (χ3v) is 5.63. The Kier molecular flexibility index (Phi) is 23.7. The molecule has 0 radical (unpaired) electrons. The van der Waals surface area contributed by atoms with E-state index < -0.39 is 23.5 Å². The Morgan fingerprint density at radius 3 is 1.44 bits per heavy atom. The van der Waals surface area contributed by atoms with Crippen LogP contribution < -0.4 is 45.9 Å². The van der Waals surface area contributed by atoms with E-state index in [9.17, 15) is 19.2 Å². The van der Waals surface area contributed by atoms with Crippen molar-refractivity contribution in [2.75, 3.05) is 0 Å². The number of aromatic carboxylic acids is 2. The summed E-state index contributed by atoms with van der Waals surface area (Å²) in [7, 11) is 0. The monoisotopic (exact) mass is 690 g/mol. The summed E-state index contributed by atoms with van der Waals surface area (Å²) in [5.41, 5.74) is 8.66. The molecule has 0 aliphatic rings. The number of nitrogens with two attached hydrogens (primary N) is 1. The molecular formula is C33H32ClN2NaO11. The number of nitrogens with one attached hydrogen (secondary N) is 1. The summed E-state index contributed by atoms with van der Waals surface area (Å²) >= 11 is 4.97. The zero-order valence-electron chi connectivity index (χ0n) is 25.8. The molecule has 0 unspecified atom stereocenters. The average molecular weight is 691 g/mol. The van der Waals surface area contributed by atoms with Crippen LogP contribution in [0.1, 0.15) is 43.0 Å². The number of rotatable bonds is 10. The number of alkyl carbamates (subject to hydrolysis) is 1. The minimum absolute atomic E-state index is 0. The second kappa shape index (κ2) is 26.3. The Hall–Kier alpha value is -4.76. The molecule has 0 aliphatic heterocycles. The molecule has 0 fully saturated rings. The normalized spacial score (nSPS) is 9.06. The Labute approximate surface area is 303 Å². The maximum Gasteiger partial charge on any atom is 1.00 e. The van der Waals surface area contributed by atoms with Gasteiger partial charge in [-0.05, 0) is 46.5 Å². The Bertz CT molecular complexity index is 1510. The van der Waals surface area contributed by atoms with E-state index in [-0.39, 0.29) is 61.4 Å². The smallest absolute Gasteiger partial charge is 0.662 e. The molecule has 4 rings (SSSR count). The van der Waals surface area contributed by atoms with Gasteiger partial charge in [0.2, 0.25) is 0 Å². The SMILES string of the molecule is NCc1ccc(C(=O)O)cc1.O=C(Cl)OCc1ccccc1.O=C(NCc1ccc(C(=O)O)cc1)OCc1ccccc1.O=CO[O-].[Na+]. The zero-order chi connectivity index (χ0) is 34.9. The van der Waals surface area contributed by atoms with E-state index in [1.165, 1.54) is 12.1 Å². The molecule has 0 aliphatic carbocycles. The van der Waals surface area contributed by atoms with Crippen LogP contribution in [0.5, 0.6) is 0 Å². The molecule has 1 amide bonds. The van der Waals surface area contributed by atoms with Crippen LogP contribution in [-0.2, 0) is 45.5 Å². The summed E-state index contributed by atoms with van der Waals surface area (Å²) in [6.45, 7) is 1.00. The number of carboxylic acids is 2. The molecule has 0 spiro atoms. The van der Waals surface area contributed by atoms with E-state index in [0.717, 1.165) is 22.3 Å². The summed E-state index contributed by atoms with van der Waals surface area (Å²) < 4.78 is 9.62. The van der Waals surface area contributed by atoms with Gasteiger partial charge < -0.3 is 40.9 Å². The standard InChI is InChI=1S/C16H15NO4.C8H7ClO2.C8H9NO2.CH2O3.Na/c18-15(19)14-8-6-12(7-9-14)10-17-16(20)21-11-13-4-2-1-3-5-13;9-8(10)11-6-7-4-2-1-3-5-7;9-5-6-1-3-7(4-2-6)8(10)11;2-1-4-3;/h1-9H,10-11H2,(H,17,20)(H,18,19);1-5H,6H2;1-4H,5,9H2,(H,10,11);1,3H;/q;;;;+1/p-1. The molecular weight excluding hydrogens is 659 g/mol. The van der Waals surface area contributed by atoms with Gasteiger partial charge in [0.05, 0.1) is 11.1 Å². The van der Waals surface area contributed by atoms with Crippen LogP contribution in [0.25, 0.3) is 0 Å². The van der Waals surface area contributed by atoms with E-state index in [1.807, 2.05) is 60.7 Å². The van der Waals surface area contributed by atoms with Crippen molar-refractivity contribution in [1.29, 1.82) is 0 Å². The van der Waals surface area contributed by atoms with Crippen LogP contribution in [0.3, 0.4) is 0 Å². The van der Waals surface area contributed by atoms with Crippen molar-refractivity contribution in [1.82, 2.24) is 5.32 Å². The first-order valence-electron chi connectivity index (χ1n) is 13.5. The molecule has 15 heteroatoms. The number of halogens is 1. The fraction of sp³-hybridized carbons (Fsp3) is 0.121. The molecule has 248 valence electrons. The predicted molar refractivity (Wildman–Crippen MR) is 168 cm³/mol. The van der Waals surface area contributed by atoms with Crippen LogP contribution in [0.4, 0.5) is 9.59 Å². The van der Waals surface area contributed by atoms with Crippen molar-refractivity contribution in [3.05, 3.63) is 143 Å². The van der Waals surface area contributed by atoms with Gasteiger partial charge in [-0.3, -0.25) is 4.79 Å². The third-order valence-electron chi connectivity index (χ3n) is 5.52. The first-order chi connectivity index (χ1) is 22.6. The number of carbonyl (C=O) groups excluding carboxylic acids is 3. The summed E-state index contributed by atoms with van der Waals surface area (Å²) in [6, 6.07) is 31.6. The van der Waals surface area contributed by atoms with Gasteiger partial charge in [-0.2, -0.15) is 0 Å². The quantitative estimate of drug-likeness (QED) is 0.0615. The van der Waals surface area contributed by atoms with Gasteiger partial charge in [-0.1, -0.05) is 84.9 Å². The Morgan fingerprint density at radius 1 is 0.688 bits per heavy atom. The predicted octanol–water partition coefficient (Wildman–Crippen LogP) is 1.66. The number of benzene rings is 4. The van der Waals surface area contributed by atoms with Crippen LogP contribution in [0.2, 0.25) is 0 Å². The van der Waals surface area contributed by atoms with Crippen molar-refractivity contribution in [2.45, 2.75) is 26.3 Å². The first kappa shape index (κ1) is 43.2. The molecule has 0 heterocycles. The van der Waals surface area contributed by atoms with E-state index >= 15 is 0 Å². The van der Waals surface area contributed by atoms with Gasteiger partial charge >= 0.3 is 53.0 Å². The van der Waals surface area contributed by atoms with Crippen molar-refractivity contribution >= 4 is 41.5 Å². The van der Waals surface area contributed by atoms with E-state index in [0.29, 0.717) is 12.1 Å². The molecule has 4 aromatic rings. The summed E-state index contributed by atoms with van der Waals surface area (Å²) in [4.78, 5) is 54.0. The van der Waals surface area contributed by atoms with E-state index in [1.54, 1.807) is 36.4 Å². The van der Waals surface area contributed by atoms with Crippen molar-refractivity contribution in [3.8, 4) is 0 Å².